The monoisotopic (exact) mass is 479 g/mol. The van der Waals surface area contributed by atoms with Crippen molar-refractivity contribution >= 4 is 17.8 Å². The van der Waals surface area contributed by atoms with Gasteiger partial charge < -0.3 is 20.2 Å². The molecule has 1 aliphatic heterocycles. The van der Waals surface area contributed by atoms with E-state index >= 15 is 0 Å². The number of benzene rings is 2. The van der Waals surface area contributed by atoms with Crippen molar-refractivity contribution < 1.29 is 29.7 Å². The van der Waals surface area contributed by atoms with Gasteiger partial charge >= 0.3 is 11.9 Å². The van der Waals surface area contributed by atoms with Gasteiger partial charge in [0.2, 0.25) is 0 Å². The molecule has 2 aromatic carbocycles. The number of aromatic carboxylic acids is 1. The second-order valence-corrected chi connectivity index (χ2v) is 9.87. The minimum atomic E-state index is -1.63. The Hall–Kier alpha value is -3.19. The van der Waals surface area contributed by atoms with Crippen LogP contribution in [0, 0.1) is 11.8 Å². The quantitative estimate of drug-likeness (QED) is 0.525. The average Bonchev–Trinajstić information content (AvgIpc) is 3.43. The Balaban J connectivity index is 1.59. The Labute approximate surface area is 205 Å². The number of aryl methyl sites for hydroxylation is 1. The fraction of sp³-hybridized carbons (Fsp3) is 0.464. The van der Waals surface area contributed by atoms with Crippen molar-refractivity contribution in [2.75, 3.05) is 6.54 Å². The lowest BCUT2D eigenvalue weighted by molar-refractivity contribution is -0.166. The molecule has 2 aliphatic rings. The van der Waals surface area contributed by atoms with Crippen LogP contribution in [0.3, 0.4) is 0 Å². The maximum Gasteiger partial charge on any atom is 0.335 e. The summed E-state index contributed by atoms with van der Waals surface area (Å²) in [6, 6.07) is 15.4. The molecule has 2 unspecified atom stereocenters. The molecule has 0 aromatic heterocycles. The number of aliphatic hydroxyl groups is 1. The number of carbonyl (C=O) groups is 3. The van der Waals surface area contributed by atoms with Crippen molar-refractivity contribution in [3.05, 3.63) is 71.3 Å². The van der Waals surface area contributed by atoms with Crippen LogP contribution < -0.4 is 0 Å². The van der Waals surface area contributed by atoms with Crippen molar-refractivity contribution in [1.82, 2.24) is 4.90 Å². The van der Waals surface area contributed by atoms with Gasteiger partial charge in [-0.15, -0.1) is 0 Å². The fourth-order valence-electron chi connectivity index (χ4n) is 5.75. The maximum absolute atomic E-state index is 14.1. The van der Waals surface area contributed by atoms with Crippen molar-refractivity contribution in [2.45, 2.75) is 63.0 Å². The number of carboxylic acid groups (broad SMARTS) is 2. The molecule has 35 heavy (non-hydrogen) atoms. The van der Waals surface area contributed by atoms with Crippen LogP contribution in [0.5, 0.6) is 0 Å². The molecule has 0 bridgehead atoms. The van der Waals surface area contributed by atoms with Crippen molar-refractivity contribution in [3.63, 3.8) is 0 Å². The number of aliphatic carboxylic acids is 1. The normalized spacial score (nSPS) is 22.5. The van der Waals surface area contributed by atoms with Crippen LogP contribution in [0.25, 0.3) is 0 Å². The van der Waals surface area contributed by atoms with Gasteiger partial charge in [-0.25, -0.2) is 4.79 Å². The summed E-state index contributed by atoms with van der Waals surface area (Å²) in [5, 5.41) is 30.8. The standard InChI is InChI=1S/C28H33NO6/c30-25(31)20-13-10-19(11-14-20)12-15-24-18-21(26(32)33)16-17-29(24)27(34)28(35,23-8-4-5-9-23)22-6-2-1-3-7-22/h1-3,6-7,10-11,13-14,21,23-24,35H,4-5,8-9,12,15-18H2,(H,30,31)(H,32,33)/t21?,24?,28-/m0/s1. The zero-order valence-corrected chi connectivity index (χ0v) is 19.8. The Morgan fingerprint density at radius 2 is 1.57 bits per heavy atom. The van der Waals surface area contributed by atoms with E-state index in [4.69, 9.17) is 5.11 Å². The van der Waals surface area contributed by atoms with Gasteiger partial charge in [0, 0.05) is 18.5 Å². The molecule has 2 aromatic rings. The lowest BCUT2D eigenvalue weighted by atomic mass is 9.77. The van der Waals surface area contributed by atoms with Crippen molar-refractivity contribution in [3.8, 4) is 0 Å². The lowest BCUT2D eigenvalue weighted by Crippen LogP contribution is -2.57. The topological polar surface area (TPSA) is 115 Å². The van der Waals surface area contributed by atoms with Crippen LogP contribution in [0.1, 0.15) is 66.4 Å². The number of nitrogens with zero attached hydrogens (tertiary/aromatic N) is 1. The van der Waals surface area contributed by atoms with Gasteiger partial charge in [-0.1, -0.05) is 55.3 Å². The molecule has 3 atom stereocenters. The number of hydrogen-bond acceptors (Lipinski definition) is 4. The molecule has 1 saturated carbocycles. The second kappa shape index (κ2) is 10.6. The summed E-state index contributed by atoms with van der Waals surface area (Å²) in [6.07, 6.45) is 5.33. The zero-order chi connectivity index (χ0) is 25.0. The number of piperidine rings is 1. The van der Waals surface area contributed by atoms with Crippen LogP contribution in [-0.2, 0) is 21.6 Å². The first kappa shape index (κ1) is 24.9. The number of hydrogen-bond donors (Lipinski definition) is 3. The van der Waals surface area contributed by atoms with E-state index in [9.17, 15) is 24.6 Å². The highest BCUT2D eigenvalue weighted by Crippen LogP contribution is 2.43. The first-order chi connectivity index (χ1) is 16.8. The van der Waals surface area contributed by atoms with E-state index in [0.717, 1.165) is 31.2 Å². The summed E-state index contributed by atoms with van der Waals surface area (Å²) in [6.45, 7) is 0.292. The summed E-state index contributed by atoms with van der Waals surface area (Å²) in [5.41, 5.74) is 0.0998. The Morgan fingerprint density at radius 1 is 0.914 bits per heavy atom. The molecular formula is C28H33NO6. The molecule has 0 radical (unpaired) electrons. The molecule has 7 nitrogen and oxygen atoms in total. The Bertz CT molecular complexity index is 1050. The lowest BCUT2D eigenvalue weighted by Gasteiger charge is -2.44. The predicted molar refractivity (Wildman–Crippen MR) is 130 cm³/mol. The highest BCUT2D eigenvalue weighted by molar-refractivity contribution is 5.88. The van der Waals surface area contributed by atoms with Crippen LogP contribution in [0.4, 0.5) is 0 Å². The van der Waals surface area contributed by atoms with E-state index in [1.165, 1.54) is 0 Å². The maximum atomic E-state index is 14.1. The third-order valence-corrected chi connectivity index (χ3v) is 7.78. The number of likely N-dealkylation sites (tertiary alicyclic amines) is 1. The highest BCUT2D eigenvalue weighted by Gasteiger charge is 2.50. The van der Waals surface area contributed by atoms with Gasteiger partial charge in [0.05, 0.1) is 11.5 Å². The molecular weight excluding hydrogens is 446 g/mol. The van der Waals surface area contributed by atoms with Crippen LogP contribution in [-0.4, -0.2) is 50.7 Å². The Morgan fingerprint density at radius 3 is 2.17 bits per heavy atom. The smallest absolute Gasteiger partial charge is 0.335 e. The average molecular weight is 480 g/mol. The van der Waals surface area contributed by atoms with Gasteiger partial charge in [0.1, 0.15) is 0 Å². The van der Waals surface area contributed by atoms with Crippen LogP contribution in [0.2, 0.25) is 0 Å². The summed E-state index contributed by atoms with van der Waals surface area (Å²) >= 11 is 0. The highest BCUT2D eigenvalue weighted by atomic mass is 16.4. The molecule has 0 spiro atoms. The number of carboxylic acids is 2. The zero-order valence-electron chi connectivity index (χ0n) is 19.8. The van der Waals surface area contributed by atoms with E-state index in [2.05, 4.69) is 0 Å². The molecule has 2 fully saturated rings. The number of amides is 1. The summed E-state index contributed by atoms with van der Waals surface area (Å²) in [5.74, 6) is -2.88. The van der Waals surface area contributed by atoms with E-state index < -0.39 is 23.5 Å². The summed E-state index contributed by atoms with van der Waals surface area (Å²) < 4.78 is 0. The minimum absolute atomic E-state index is 0.168. The first-order valence-electron chi connectivity index (χ1n) is 12.4. The fourth-order valence-corrected chi connectivity index (χ4v) is 5.75. The molecule has 1 amide bonds. The van der Waals surface area contributed by atoms with Crippen LogP contribution in [0.15, 0.2) is 54.6 Å². The number of carbonyl (C=O) groups excluding carboxylic acids is 1. The van der Waals surface area contributed by atoms with Gasteiger partial charge in [0.15, 0.2) is 5.60 Å². The predicted octanol–water partition coefficient (Wildman–Crippen LogP) is 4.09. The Kier molecular flexibility index (Phi) is 7.55. The first-order valence-corrected chi connectivity index (χ1v) is 12.4. The van der Waals surface area contributed by atoms with Crippen molar-refractivity contribution in [1.29, 1.82) is 0 Å². The van der Waals surface area contributed by atoms with Gasteiger partial charge in [-0.05, 0) is 61.8 Å². The second-order valence-electron chi connectivity index (χ2n) is 9.87. The van der Waals surface area contributed by atoms with Gasteiger partial charge in [-0.3, -0.25) is 9.59 Å². The largest absolute Gasteiger partial charge is 0.481 e. The SMILES string of the molecule is O=C(O)c1ccc(CCC2CC(C(=O)O)CCN2C(=O)[C@](O)(c2ccccc2)C2CCCC2)cc1. The third kappa shape index (κ3) is 5.25. The molecule has 7 heteroatoms. The summed E-state index contributed by atoms with van der Waals surface area (Å²) in [4.78, 5) is 38.7. The summed E-state index contributed by atoms with van der Waals surface area (Å²) in [7, 11) is 0. The van der Waals surface area contributed by atoms with E-state index in [-0.39, 0.29) is 23.4 Å². The third-order valence-electron chi connectivity index (χ3n) is 7.78. The molecule has 1 aliphatic carbocycles. The van der Waals surface area contributed by atoms with E-state index in [1.54, 1.807) is 41.3 Å². The molecule has 1 saturated heterocycles. The van der Waals surface area contributed by atoms with Gasteiger partial charge in [0.25, 0.3) is 5.91 Å². The molecule has 186 valence electrons. The van der Waals surface area contributed by atoms with Gasteiger partial charge in [-0.2, -0.15) is 0 Å². The molecule has 1 heterocycles. The van der Waals surface area contributed by atoms with Crippen molar-refractivity contribution in [2.24, 2.45) is 11.8 Å². The molecule has 3 N–H and O–H groups in total. The van der Waals surface area contributed by atoms with E-state index in [1.807, 2.05) is 18.2 Å². The van der Waals surface area contributed by atoms with E-state index in [0.29, 0.717) is 37.8 Å². The number of rotatable bonds is 8. The minimum Gasteiger partial charge on any atom is -0.481 e. The molecule has 4 rings (SSSR count). The van der Waals surface area contributed by atoms with Crippen LogP contribution >= 0.6 is 0 Å².